The summed E-state index contributed by atoms with van der Waals surface area (Å²) in [6.07, 6.45) is 0. The van der Waals surface area contributed by atoms with E-state index in [0.717, 1.165) is 11.3 Å². The molecule has 1 rings (SSSR count). The van der Waals surface area contributed by atoms with Crippen LogP contribution in [0.4, 0.5) is 5.69 Å². The highest BCUT2D eigenvalue weighted by Gasteiger charge is 2.08. The lowest BCUT2D eigenvalue weighted by atomic mass is 10.2. The topological polar surface area (TPSA) is 43.1 Å². The van der Waals surface area contributed by atoms with E-state index < -0.39 is 4.92 Å². The largest absolute Gasteiger partial charge is 0.270 e. The van der Waals surface area contributed by atoms with Gasteiger partial charge in [0, 0.05) is 17.7 Å². The molecule has 0 aliphatic heterocycles. The lowest BCUT2D eigenvalue weighted by Crippen LogP contribution is -1.94. The Hall–Kier alpha value is -0.940. The highest BCUT2D eigenvalue weighted by Crippen LogP contribution is 2.18. The van der Waals surface area contributed by atoms with Gasteiger partial charge in [-0.25, -0.2) is 0 Å². The molecule has 0 aromatic heterocycles. The second-order valence-electron chi connectivity index (χ2n) is 2.53. The number of non-ortho nitro benzene ring substituents is 1. The second-order valence-corrected chi connectivity index (χ2v) is 4.47. The van der Waals surface area contributed by atoms with E-state index in [1.54, 1.807) is 12.1 Å². The maximum Gasteiger partial charge on any atom is 0.270 e. The van der Waals surface area contributed by atoms with Gasteiger partial charge in [-0.3, -0.25) is 10.1 Å². The minimum absolute atomic E-state index is 0.0848. The molecule has 0 bridgehead atoms. The zero-order chi connectivity index (χ0) is 10.6. The van der Waals surface area contributed by atoms with Gasteiger partial charge < -0.3 is 0 Å². The van der Waals surface area contributed by atoms with Crippen LogP contribution >= 0.6 is 24.0 Å². The number of thioether (sulfide) groups is 1. The lowest BCUT2D eigenvalue weighted by molar-refractivity contribution is -0.384. The zero-order valence-electron chi connectivity index (χ0n) is 7.60. The predicted octanol–water partition coefficient (Wildman–Crippen LogP) is 3.02. The Morgan fingerprint density at radius 1 is 1.64 bits per heavy atom. The van der Waals surface area contributed by atoms with Gasteiger partial charge in [-0.15, -0.1) is 11.8 Å². The third-order valence-electron chi connectivity index (χ3n) is 1.57. The average Bonchev–Trinajstić information content (AvgIpc) is 2.18. The molecule has 0 fully saturated rings. The van der Waals surface area contributed by atoms with Gasteiger partial charge in [0.15, 0.2) is 0 Å². The van der Waals surface area contributed by atoms with Crippen molar-refractivity contribution < 1.29 is 4.92 Å². The van der Waals surface area contributed by atoms with E-state index in [0.29, 0.717) is 4.20 Å². The summed E-state index contributed by atoms with van der Waals surface area (Å²) in [7, 11) is 0. The molecular weight excluding hydrogens is 218 g/mol. The van der Waals surface area contributed by atoms with Crippen molar-refractivity contribution in [1.82, 2.24) is 0 Å². The molecular formula is C9H9NO2S2. The molecule has 3 nitrogen and oxygen atoms in total. The first-order chi connectivity index (χ1) is 6.65. The van der Waals surface area contributed by atoms with Crippen molar-refractivity contribution >= 4 is 33.9 Å². The number of benzene rings is 1. The second kappa shape index (κ2) is 5.07. The van der Waals surface area contributed by atoms with Gasteiger partial charge in [-0.2, -0.15) is 0 Å². The van der Waals surface area contributed by atoms with Crippen molar-refractivity contribution in [1.29, 1.82) is 0 Å². The van der Waals surface area contributed by atoms with Crippen LogP contribution in [0, 0.1) is 10.1 Å². The van der Waals surface area contributed by atoms with E-state index in [1.807, 2.05) is 6.92 Å². The number of hydrogen-bond donors (Lipinski definition) is 0. The van der Waals surface area contributed by atoms with Crippen LogP contribution in [0.25, 0.3) is 0 Å². The van der Waals surface area contributed by atoms with E-state index in [-0.39, 0.29) is 5.69 Å². The van der Waals surface area contributed by atoms with Gasteiger partial charge in [0.1, 0.15) is 0 Å². The fourth-order valence-corrected chi connectivity index (χ4v) is 2.00. The summed E-state index contributed by atoms with van der Waals surface area (Å²) in [6.45, 7) is 1.99. The standard InChI is InChI=1S/C9H9NO2S2/c1-2-14-9(13)7-4-3-5-8(6-7)10(11)12/h3-6H,2H2,1H3. The molecule has 0 aliphatic rings. The average molecular weight is 227 g/mol. The fraction of sp³-hybridized carbons (Fsp3) is 0.222. The summed E-state index contributed by atoms with van der Waals surface area (Å²) < 4.78 is 0.705. The van der Waals surface area contributed by atoms with Gasteiger partial charge in [0.05, 0.1) is 9.12 Å². The third-order valence-corrected chi connectivity index (χ3v) is 2.94. The van der Waals surface area contributed by atoms with E-state index in [2.05, 4.69) is 0 Å². The molecule has 0 heterocycles. The highest BCUT2D eigenvalue weighted by atomic mass is 32.2. The molecule has 74 valence electrons. The van der Waals surface area contributed by atoms with E-state index in [4.69, 9.17) is 12.2 Å². The SMILES string of the molecule is CCSC(=S)c1cccc([N+](=O)[O-])c1. The summed E-state index contributed by atoms with van der Waals surface area (Å²) in [4.78, 5) is 10.1. The van der Waals surface area contributed by atoms with E-state index >= 15 is 0 Å². The van der Waals surface area contributed by atoms with Gasteiger partial charge in [-0.1, -0.05) is 31.3 Å². The summed E-state index contributed by atoms with van der Waals surface area (Å²) in [5.74, 6) is 0.877. The number of nitro benzene ring substituents is 1. The molecule has 0 saturated carbocycles. The summed E-state index contributed by atoms with van der Waals surface area (Å²) in [5, 5.41) is 10.5. The van der Waals surface area contributed by atoms with Crippen molar-refractivity contribution in [2.24, 2.45) is 0 Å². The number of nitro groups is 1. The number of thiocarbonyl (C=S) groups is 1. The van der Waals surface area contributed by atoms with Gasteiger partial charge in [0.25, 0.3) is 5.69 Å². The molecule has 0 saturated heterocycles. The lowest BCUT2D eigenvalue weighted by Gasteiger charge is -2.00. The molecule has 14 heavy (non-hydrogen) atoms. The van der Waals surface area contributed by atoms with Crippen LogP contribution in [-0.4, -0.2) is 14.9 Å². The summed E-state index contributed by atoms with van der Waals surface area (Å²) in [6, 6.07) is 6.40. The van der Waals surface area contributed by atoms with Crippen LogP contribution in [0.5, 0.6) is 0 Å². The molecule has 1 aromatic rings. The quantitative estimate of drug-likeness (QED) is 0.452. The smallest absolute Gasteiger partial charge is 0.258 e. The molecule has 0 spiro atoms. The molecule has 1 aromatic carbocycles. The number of nitrogens with zero attached hydrogens (tertiary/aromatic N) is 1. The van der Waals surface area contributed by atoms with Crippen molar-refractivity contribution in [2.75, 3.05) is 5.75 Å². The zero-order valence-corrected chi connectivity index (χ0v) is 9.23. The predicted molar refractivity (Wildman–Crippen MR) is 62.9 cm³/mol. The van der Waals surface area contributed by atoms with Gasteiger partial charge >= 0.3 is 0 Å². The van der Waals surface area contributed by atoms with Gasteiger partial charge in [-0.05, 0) is 5.75 Å². The molecule has 5 heteroatoms. The Morgan fingerprint density at radius 2 is 2.36 bits per heavy atom. The first-order valence-corrected chi connectivity index (χ1v) is 5.46. The maximum atomic E-state index is 10.5. The third kappa shape index (κ3) is 2.78. The van der Waals surface area contributed by atoms with Gasteiger partial charge in [0.2, 0.25) is 0 Å². The minimum Gasteiger partial charge on any atom is -0.258 e. The Balaban J connectivity index is 2.93. The summed E-state index contributed by atoms with van der Waals surface area (Å²) >= 11 is 6.62. The molecule has 0 radical (unpaired) electrons. The molecule has 0 unspecified atom stereocenters. The van der Waals surface area contributed by atoms with Crippen LogP contribution < -0.4 is 0 Å². The summed E-state index contributed by atoms with van der Waals surface area (Å²) in [5.41, 5.74) is 0.836. The Labute approximate surface area is 91.7 Å². The Bertz CT molecular complexity index is 366. The van der Waals surface area contributed by atoms with Crippen LogP contribution in [0.1, 0.15) is 12.5 Å². The van der Waals surface area contributed by atoms with Crippen molar-refractivity contribution in [3.63, 3.8) is 0 Å². The fourth-order valence-electron chi connectivity index (χ4n) is 0.961. The molecule has 0 amide bonds. The normalized spacial score (nSPS) is 9.79. The van der Waals surface area contributed by atoms with Crippen molar-refractivity contribution in [3.8, 4) is 0 Å². The number of rotatable bonds is 3. The van der Waals surface area contributed by atoms with E-state index in [9.17, 15) is 10.1 Å². The Kier molecular flexibility index (Phi) is 4.03. The Morgan fingerprint density at radius 3 is 2.93 bits per heavy atom. The highest BCUT2D eigenvalue weighted by molar-refractivity contribution is 8.23. The van der Waals surface area contributed by atoms with Crippen molar-refractivity contribution in [3.05, 3.63) is 39.9 Å². The molecule has 0 N–H and O–H groups in total. The number of hydrogen-bond acceptors (Lipinski definition) is 4. The van der Waals surface area contributed by atoms with Crippen LogP contribution in [0.15, 0.2) is 24.3 Å². The molecule has 0 atom stereocenters. The first-order valence-electron chi connectivity index (χ1n) is 4.06. The van der Waals surface area contributed by atoms with Crippen LogP contribution in [0.3, 0.4) is 0 Å². The van der Waals surface area contributed by atoms with Crippen LogP contribution in [-0.2, 0) is 0 Å². The first kappa shape index (κ1) is 11.1. The molecule has 0 aliphatic carbocycles. The maximum absolute atomic E-state index is 10.5. The monoisotopic (exact) mass is 227 g/mol. The van der Waals surface area contributed by atoms with Crippen molar-refractivity contribution in [2.45, 2.75) is 6.92 Å². The van der Waals surface area contributed by atoms with Crippen LogP contribution in [0.2, 0.25) is 0 Å². The minimum atomic E-state index is -0.414. The van der Waals surface area contributed by atoms with E-state index in [1.165, 1.54) is 23.9 Å².